The van der Waals surface area contributed by atoms with Crippen LogP contribution in [0, 0.1) is 0 Å². The topological polar surface area (TPSA) is 9.86 Å². The van der Waals surface area contributed by atoms with Gasteiger partial charge in [-0.05, 0) is 102 Å². The van der Waals surface area contributed by atoms with E-state index in [4.69, 9.17) is 0 Å². The lowest BCUT2D eigenvalue weighted by Gasteiger charge is -2.18. The van der Waals surface area contributed by atoms with E-state index in [0.717, 1.165) is 0 Å². The fourth-order valence-corrected chi connectivity index (χ4v) is 9.33. The number of hydrogen-bond donors (Lipinski definition) is 0. The minimum atomic E-state index is 1.18. The Kier molecular flexibility index (Phi) is 5.53. The van der Waals surface area contributed by atoms with Crippen LogP contribution in [0.5, 0.6) is 0 Å². The lowest BCUT2D eigenvalue weighted by molar-refractivity contribution is 1.19. The Morgan fingerprint density at radius 2 is 0.481 bits per heavy atom. The van der Waals surface area contributed by atoms with Crippen molar-refractivity contribution < 1.29 is 0 Å². The first kappa shape index (κ1) is 27.9. The molecule has 12 rings (SSSR count). The number of nitrogens with zero attached hydrogens (tertiary/aromatic N) is 2. The standard InChI is InChI=1S/C50H30N2/c1-3-19-39-33(13-1)43-29-31(51-45-21-9-5-15-35(45)36-16-6-10-22-46(36)51)25-27-41(43)50-40-20-4-2-14-34(40)44-30-32(26-28-42(44)49(39)50)52-47-23-11-7-17-37(47)38-18-8-12-24-48(38)52/h1-30H. The molecular formula is C50H30N2. The zero-order chi connectivity index (χ0) is 33.9. The predicted molar refractivity (Wildman–Crippen MR) is 223 cm³/mol. The smallest absolute Gasteiger partial charge is 0.0541 e. The average molecular weight is 659 g/mol. The Labute approximate surface area is 299 Å². The summed E-state index contributed by atoms with van der Waals surface area (Å²) in [5.41, 5.74) is 7.25. The second-order valence-electron chi connectivity index (χ2n) is 14.0. The normalized spacial score (nSPS) is 12.2. The number of para-hydroxylation sites is 4. The van der Waals surface area contributed by atoms with Gasteiger partial charge in [0.1, 0.15) is 0 Å². The molecule has 52 heavy (non-hydrogen) atoms. The highest BCUT2D eigenvalue weighted by atomic mass is 15.0. The van der Waals surface area contributed by atoms with Gasteiger partial charge in [-0.25, -0.2) is 0 Å². The monoisotopic (exact) mass is 658 g/mol. The maximum absolute atomic E-state index is 2.43. The first-order valence-electron chi connectivity index (χ1n) is 18.0. The Balaban J connectivity index is 1.20. The van der Waals surface area contributed by atoms with E-state index < -0.39 is 0 Å². The zero-order valence-electron chi connectivity index (χ0n) is 28.2. The van der Waals surface area contributed by atoms with Gasteiger partial charge >= 0.3 is 0 Å². The third-order valence-corrected chi connectivity index (χ3v) is 11.4. The SMILES string of the molecule is c1ccc2c(c1)c1cc(-n3c4ccccc4c4ccccc43)ccc1c1c3ccccc3c3cc(-n4c5ccccc5c5ccccc54)ccc3c21. The zero-order valence-corrected chi connectivity index (χ0v) is 28.2. The Hall–Kier alpha value is -6.90. The molecule has 0 bridgehead atoms. The number of aromatic nitrogens is 2. The van der Waals surface area contributed by atoms with E-state index in [1.807, 2.05) is 0 Å². The summed E-state index contributed by atoms with van der Waals surface area (Å²) in [5, 5.41) is 18.0. The van der Waals surface area contributed by atoms with Crippen LogP contribution in [0.25, 0.3) is 109 Å². The molecule has 0 unspecified atom stereocenters. The lowest BCUT2D eigenvalue weighted by atomic mass is 9.87. The van der Waals surface area contributed by atoms with Crippen molar-refractivity contribution in [1.29, 1.82) is 0 Å². The Morgan fingerprint density at radius 1 is 0.212 bits per heavy atom. The molecule has 0 spiro atoms. The summed E-state index contributed by atoms with van der Waals surface area (Å²) in [4.78, 5) is 0. The molecule has 2 heterocycles. The molecule has 0 fully saturated rings. The first-order chi connectivity index (χ1) is 25.8. The number of hydrogen-bond acceptors (Lipinski definition) is 0. The van der Waals surface area contributed by atoms with Crippen LogP contribution in [-0.4, -0.2) is 9.13 Å². The molecule has 0 aliphatic heterocycles. The molecule has 2 heteroatoms. The molecule has 2 aromatic heterocycles. The van der Waals surface area contributed by atoms with Gasteiger partial charge in [0.25, 0.3) is 0 Å². The predicted octanol–water partition coefficient (Wildman–Crippen LogP) is 13.6. The molecule has 0 atom stereocenters. The van der Waals surface area contributed by atoms with E-state index in [-0.39, 0.29) is 0 Å². The summed E-state index contributed by atoms with van der Waals surface area (Å²) in [5.74, 6) is 0. The molecular weight excluding hydrogens is 629 g/mol. The molecule has 0 N–H and O–H groups in total. The van der Waals surface area contributed by atoms with Gasteiger partial charge in [0.05, 0.1) is 22.1 Å². The van der Waals surface area contributed by atoms with Crippen LogP contribution >= 0.6 is 0 Å². The highest BCUT2D eigenvalue weighted by Gasteiger charge is 2.19. The Morgan fingerprint density at radius 3 is 0.827 bits per heavy atom. The van der Waals surface area contributed by atoms with E-state index in [9.17, 15) is 0 Å². The van der Waals surface area contributed by atoms with Crippen LogP contribution < -0.4 is 0 Å². The summed E-state index contributed by atoms with van der Waals surface area (Å²) in [6, 6.07) is 67.3. The van der Waals surface area contributed by atoms with Gasteiger partial charge in [-0.2, -0.15) is 0 Å². The number of rotatable bonds is 2. The Bertz CT molecular complexity index is 3130. The third kappa shape index (κ3) is 3.63. The van der Waals surface area contributed by atoms with E-state index in [0.29, 0.717) is 0 Å². The van der Waals surface area contributed by atoms with Gasteiger partial charge in [0.15, 0.2) is 0 Å². The van der Waals surface area contributed by atoms with Crippen LogP contribution in [0.15, 0.2) is 182 Å². The molecule has 240 valence electrons. The van der Waals surface area contributed by atoms with E-state index in [1.54, 1.807) is 0 Å². The van der Waals surface area contributed by atoms with Gasteiger partial charge in [-0.1, -0.05) is 133 Å². The van der Waals surface area contributed by atoms with Gasteiger partial charge in [-0.3, -0.25) is 0 Å². The molecule has 0 radical (unpaired) electrons. The lowest BCUT2D eigenvalue weighted by Crippen LogP contribution is -1.96. The molecule has 0 amide bonds. The van der Waals surface area contributed by atoms with Gasteiger partial charge in [0.2, 0.25) is 0 Å². The fraction of sp³-hybridized carbons (Fsp3) is 0. The van der Waals surface area contributed by atoms with E-state index in [1.165, 1.54) is 109 Å². The van der Waals surface area contributed by atoms with Crippen molar-refractivity contribution >= 4 is 97.5 Å². The molecule has 2 nitrogen and oxygen atoms in total. The summed E-state index contributed by atoms with van der Waals surface area (Å²) in [6.45, 7) is 0. The fourth-order valence-electron chi connectivity index (χ4n) is 9.33. The quantitative estimate of drug-likeness (QED) is 0.164. The van der Waals surface area contributed by atoms with Crippen molar-refractivity contribution in [3.05, 3.63) is 182 Å². The van der Waals surface area contributed by atoms with Crippen molar-refractivity contribution in [2.24, 2.45) is 0 Å². The summed E-state index contributed by atoms with van der Waals surface area (Å²) < 4.78 is 4.86. The van der Waals surface area contributed by atoms with Crippen molar-refractivity contribution in [2.45, 2.75) is 0 Å². The number of fused-ring (bicyclic) bond motifs is 17. The minimum absolute atomic E-state index is 1.18. The number of benzene rings is 10. The van der Waals surface area contributed by atoms with E-state index >= 15 is 0 Å². The maximum atomic E-state index is 2.43. The first-order valence-corrected chi connectivity index (χ1v) is 18.0. The van der Waals surface area contributed by atoms with Crippen molar-refractivity contribution in [2.75, 3.05) is 0 Å². The molecule has 0 saturated heterocycles. The average Bonchev–Trinajstić information content (AvgIpc) is 3.73. The van der Waals surface area contributed by atoms with Crippen molar-refractivity contribution in [3.8, 4) is 11.4 Å². The van der Waals surface area contributed by atoms with Crippen LogP contribution in [0.3, 0.4) is 0 Å². The largest absolute Gasteiger partial charge is 0.309 e. The highest BCUT2D eigenvalue weighted by Crippen LogP contribution is 2.45. The summed E-state index contributed by atoms with van der Waals surface area (Å²) in [6.07, 6.45) is 0. The minimum Gasteiger partial charge on any atom is -0.309 e. The van der Waals surface area contributed by atoms with Gasteiger partial charge in [0, 0.05) is 32.9 Å². The van der Waals surface area contributed by atoms with Crippen LogP contribution in [-0.2, 0) is 0 Å². The maximum Gasteiger partial charge on any atom is 0.0541 e. The molecule has 0 saturated carbocycles. The van der Waals surface area contributed by atoms with E-state index in [2.05, 4.69) is 191 Å². The van der Waals surface area contributed by atoms with Gasteiger partial charge in [-0.15, -0.1) is 0 Å². The molecule has 10 aromatic carbocycles. The van der Waals surface area contributed by atoms with Crippen molar-refractivity contribution in [1.82, 2.24) is 9.13 Å². The summed E-state index contributed by atoms with van der Waals surface area (Å²) >= 11 is 0. The van der Waals surface area contributed by atoms with Crippen molar-refractivity contribution in [3.63, 3.8) is 0 Å². The van der Waals surface area contributed by atoms with Crippen LogP contribution in [0.1, 0.15) is 0 Å². The molecule has 0 aliphatic carbocycles. The van der Waals surface area contributed by atoms with Crippen LogP contribution in [0.4, 0.5) is 0 Å². The van der Waals surface area contributed by atoms with Crippen LogP contribution in [0.2, 0.25) is 0 Å². The summed E-state index contributed by atoms with van der Waals surface area (Å²) in [7, 11) is 0. The molecule has 0 aliphatic rings. The molecule has 12 aromatic rings. The highest BCUT2D eigenvalue weighted by molar-refractivity contribution is 6.39. The third-order valence-electron chi connectivity index (χ3n) is 11.4. The van der Waals surface area contributed by atoms with Gasteiger partial charge < -0.3 is 9.13 Å². The second kappa shape index (κ2) is 10.3. The second-order valence-corrected chi connectivity index (χ2v) is 14.0.